The predicted octanol–water partition coefficient (Wildman–Crippen LogP) is -1.16. The van der Waals surface area contributed by atoms with Crippen molar-refractivity contribution in [1.82, 2.24) is 14.5 Å². The Morgan fingerprint density at radius 2 is 2.27 bits per heavy atom. The molecule has 1 aromatic heterocycles. The van der Waals surface area contributed by atoms with Gasteiger partial charge in [-0.05, 0) is 6.92 Å². The van der Waals surface area contributed by atoms with Crippen LogP contribution in [0.2, 0.25) is 0 Å². The standard InChI is InChI=1S/C6H11N5O3S/c1-2-11-3-4(5(7)9-11)15(13,14)10-6(8)12/h3H,2H2,1H3,(H2,7,9)(H3,8,10,12). The van der Waals surface area contributed by atoms with E-state index in [1.54, 1.807) is 11.6 Å². The van der Waals surface area contributed by atoms with Gasteiger partial charge in [-0.2, -0.15) is 5.10 Å². The van der Waals surface area contributed by atoms with Crippen LogP contribution in [0.5, 0.6) is 0 Å². The van der Waals surface area contributed by atoms with Crippen molar-refractivity contribution < 1.29 is 13.2 Å². The van der Waals surface area contributed by atoms with Gasteiger partial charge < -0.3 is 11.5 Å². The lowest BCUT2D eigenvalue weighted by Gasteiger charge is -2.00. The van der Waals surface area contributed by atoms with Gasteiger partial charge in [0.25, 0.3) is 10.0 Å². The van der Waals surface area contributed by atoms with Crippen LogP contribution in [0.3, 0.4) is 0 Å². The van der Waals surface area contributed by atoms with Crippen molar-refractivity contribution in [2.45, 2.75) is 18.4 Å². The molecule has 0 atom stereocenters. The van der Waals surface area contributed by atoms with Crippen LogP contribution in [-0.4, -0.2) is 24.2 Å². The molecule has 0 saturated heterocycles. The molecule has 0 aliphatic rings. The van der Waals surface area contributed by atoms with Crippen LogP contribution in [0.25, 0.3) is 0 Å². The molecule has 0 aliphatic carbocycles. The fourth-order valence-corrected chi connectivity index (χ4v) is 1.93. The number of nitrogens with one attached hydrogen (secondary N) is 1. The van der Waals surface area contributed by atoms with E-state index in [4.69, 9.17) is 11.5 Å². The van der Waals surface area contributed by atoms with Crippen LogP contribution >= 0.6 is 0 Å². The Bertz CT molecular complexity index is 477. The smallest absolute Gasteiger partial charge is 0.326 e. The zero-order valence-corrected chi connectivity index (χ0v) is 8.78. The number of urea groups is 1. The van der Waals surface area contributed by atoms with Crippen LogP contribution in [0.4, 0.5) is 10.6 Å². The summed E-state index contributed by atoms with van der Waals surface area (Å²) in [7, 11) is -4.01. The number of nitrogens with two attached hydrogens (primary N) is 2. The summed E-state index contributed by atoms with van der Waals surface area (Å²) < 4.78 is 25.8. The number of sulfonamides is 1. The Morgan fingerprint density at radius 3 is 2.67 bits per heavy atom. The number of anilines is 1. The molecule has 0 aliphatic heterocycles. The van der Waals surface area contributed by atoms with Gasteiger partial charge in [0.15, 0.2) is 5.82 Å². The average Bonchev–Trinajstić information content (AvgIpc) is 2.45. The van der Waals surface area contributed by atoms with Gasteiger partial charge in [0.05, 0.1) is 0 Å². The predicted molar refractivity (Wildman–Crippen MR) is 52.2 cm³/mol. The van der Waals surface area contributed by atoms with E-state index in [0.717, 1.165) is 0 Å². The number of primary amides is 1. The van der Waals surface area contributed by atoms with Crippen molar-refractivity contribution in [1.29, 1.82) is 0 Å². The summed E-state index contributed by atoms with van der Waals surface area (Å²) in [6.07, 6.45) is 1.22. The zero-order valence-electron chi connectivity index (χ0n) is 7.97. The molecule has 9 heteroatoms. The normalized spacial score (nSPS) is 11.3. The molecule has 8 nitrogen and oxygen atoms in total. The topological polar surface area (TPSA) is 133 Å². The van der Waals surface area contributed by atoms with Crippen molar-refractivity contribution in [3.63, 3.8) is 0 Å². The van der Waals surface area contributed by atoms with E-state index in [0.29, 0.717) is 6.54 Å². The number of nitrogen functional groups attached to an aromatic ring is 1. The first-order chi connectivity index (χ1) is 6.86. The second kappa shape index (κ2) is 3.77. The molecule has 0 spiro atoms. The molecule has 0 unspecified atom stereocenters. The Labute approximate surface area is 86.3 Å². The van der Waals surface area contributed by atoms with Crippen LogP contribution in [0, 0.1) is 0 Å². The highest BCUT2D eigenvalue weighted by Gasteiger charge is 2.22. The quantitative estimate of drug-likeness (QED) is 0.605. The highest BCUT2D eigenvalue weighted by molar-refractivity contribution is 7.90. The summed E-state index contributed by atoms with van der Waals surface area (Å²) in [6.45, 7) is 2.24. The number of hydrogen-bond donors (Lipinski definition) is 3. The summed E-state index contributed by atoms with van der Waals surface area (Å²) in [5.41, 5.74) is 10.1. The van der Waals surface area contributed by atoms with E-state index in [1.807, 2.05) is 0 Å². The maximum Gasteiger partial charge on any atom is 0.326 e. The summed E-state index contributed by atoms with van der Waals surface area (Å²) >= 11 is 0. The first kappa shape index (κ1) is 11.3. The number of hydrogen-bond acceptors (Lipinski definition) is 5. The van der Waals surface area contributed by atoms with Crippen LogP contribution in [-0.2, 0) is 16.6 Å². The maximum atomic E-state index is 11.4. The fourth-order valence-electron chi connectivity index (χ4n) is 0.974. The van der Waals surface area contributed by atoms with Gasteiger partial charge in [-0.1, -0.05) is 0 Å². The maximum absolute atomic E-state index is 11.4. The molecule has 5 N–H and O–H groups in total. The lowest BCUT2D eigenvalue weighted by molar-refractivity contribution is 0.253. The molecular formula is C6H11N5O3S. The number of carbonyl (C=O) groups excluding carboxylic acids is 1. The Morgan fingerprint density at radius 1 is 1.67 bits per heavy atom. The Hall–Kier alpha value is -1.77. The van der Waals surface area contributed by atoms with Crippen molar-refractivity contribution in [2.24, 2.45) is 5.73 Å². The minimum Gasteiger partial charge on any atom is -0.381 e. The van der Waals surface area contributed by atoms with E-state index < -0.39 is 16.1 Å². The lowest BCUT2D eigenvalue weighted by atomic mass is 10.6. The summed E-state index contributed by atoms with van der Waals surface area (Å²) in [5.74, 6) is -0.175. The van der Waals surface area contributed by atoms with E-state index in [9.17, 15) is 13.2 Å². The van der Waals surface area contributed by atoms with Crippen molar-refractivity contribution in [3.8, 4) is 0 Å². The molecule has 0 saturated carbocycles. The van der Waals surface area contributed by atoms with E-state index >= 15 is 0 Å². The SMILES string of the molecule is CCn1cc(S(=O)(=O)NC(N)=O)c(N)n1. The monoisotopic (exact) mass is 233 g/mol. The first-order valence-corrected chi connectivity index (χ1v) is 5.50. The Balaban J connectivity index is 3.15. The molecule has 0 fully saturated rings. The fraction of sp³-hybridized carbons (Fsp3) is 0.333. The number of aryl methyl sites for hydroxylation is 1. The molecule has 0 aromatic carbocycles. The molecule has 1 aromatic rings. The first-order valence-electron chi connectivity index (χ1n) is 4.02. The second-order valence-corrected chi connectivity index (χ2v) is 4.35. The minimum atomic E-state index is -4.01. The summed E-state index contributed by atoms with van der Waals surface area (Å²) in [6, 6.07) is -1.17. The third-order valence-corrected chi connectivity index (χ3v) is 2.97. The second-order valence-electron chi connectivity index (χ2n) is 2.70. The van der Waals surface area contributed by atoms with Crippen molar-refractivity contribution >= 4 is 21.9 Å². The minimum absolute atomic E-state index is 0.175. The van der Waals surface area contributed by atoms with Crippen molar-refractivity contribution in [3.05, 3.63) is 6.20 Å². The number of rotatable bonds is 3. The van der Waals surface area contributed by atoms with Gasteiger partial charge in [0.2, 0.25) is 0 Å². The largest absolute Gasteiger partial charge is 0.381 e. The van der Waals surface area contributed by atoms with Gasteiger partial charge in [0, 0.05) is 12.7 Å². The molecule has 0 bridgehead atoms. The van der Waals surface area contributed by atoms with Crippen LogP contribution in [0.15, 0.2) is 11.1 Å². The van der Waals surface area contributed by atoms with Crippen LogP contribution in [0.1, 0.15) is 6.92 Å². The van der Waals surface area contributed by atoms with Crippen LogP contribution < -0.4 is 16.2 Å². The number of carbonyl (C=O) groups is 1. The van der Waals surface area contributed by atoms with E-state index in [2.05, 4.69) is 5.10 Å². The third kappa shape index (κ3) is 2.37. The van der Waals surface area contributed by atoms with Gasteiger partial charge in [0.1, 0.15) is 4.90 Å². The lowest BCUT2D eigenvalue weighted by Crippen LogP contribution is -2.35. The average molecular weight is 233 g/mol. The highest BCUT2D eigenvalue weighted by atomic mass is 32.2. The summed E-state index contributed by atoms with van der Waals surface area (Å²) in [4.78, 5) is 10.2. The molecule has 1 rings (SSSR count). The number of nitrogens with zero attached hydrogens (tertiary/aromatic N) is 2. The molecule has 2 amide bonds. The molecule has 0 radical (unpaired) electrons. The number of amides is 2. The molecular weight excluding hydrogens is 222 g/mol. The van der Waals surface area contributed by atoms with Gasteiger partial charge >= 0.3 is 6.03 Å². The van der Waals surface area contributed by atoms with E-state index in [1.165, 1.54) is 10.9 Å². The third-order valence-electron chi connectivity index (χ3n) is 1.60. The molecule has 84 valence electrons. The van der Waals surface area contributed by atoms with Gasteiger partial charge in [-0.15, -0.1) is 0 Å². The van der Waals surface area contributed by atoms with E-state index in [-0.39, 0.29) is 10.7 Å². The Kier molecular flexibility index (Phi) is 2.84. The number of aromatic nitrogens is 2. The summed E-state index contributed by atoms with van der Waals surface area (Å²) in [5, 5.41) is 3.73. The molecule has 15 heavy (non-hydrogen) atoms. The zero-order chi connectivity index (χ0) is 11.6. The van der Waals surface area contributed by atoms with Crippen molar-refractivity contribution in [2.75, 3.05) is 5.73 Å². The van der Waals surface area contributed by atoms with Gasteiger partial charge in [-0.3, -0.25) is 4.68 Å². The highest BCUT2D eigenvalue weighted by Crippen LogP contribution is 2.15. The molecule has 1 heterocycles. The van der Waals surface area contributed by atoms with Gasteiger partial charge in [-0.25, -0.2) is 17.9 Å².